The van der Waals surface area contributed by atoms with Crippen molar-refractivity contribution in [2.24, 2.45) is 5.73 Å². The van der Waals surface area contributed by atoms with Crippen LogP contribution < -0.4 is 5.73 Å². The fraction of sp³-hybridized carbons (Fsp3) is 0.500. The molecule has 0 aliphatic heterocycles. The van der Waals surface area contributed by atoms with Gasteiger partial charge in [0.05, 0.1) is 0 Å². The van der Waals surface area contributed by atoms with Crippen molar-refractivity contribution in [2.75, 3.05) is 13.6 Å². The Morgan fingerprint density at radius 3 is 2.47 bits per heavy atom. The van der Waals surface area contributed by atoms with Crippen LogP contribution in [0.4, 0.5) is 0 Å². The molecule has 0 aromatic heterocycles. The first-order chi connectivity index (χ1) is 6.88. The normalized spacial score (nSPS) is 12.1. The molecule has 2 nitrogen and oxygen atoms in total. The first-order valence-corrected chi connectivity index (χ1v) is 5.47. The molecule has 0 heterocycles. The molecule has 84 valence electrons. The average Bonchev–Trinajstić information content (AvgIpc) is 2.05. The Kier molecular flexibility index (Phi) is 4.14. The van der Waals surface area contributed by atoms with Gasteiger partial charge in [-0.05, 0) is 32.5 Å². The lowest BCUT2D eigenvalue weighted by atomic mass is 10.1. The van der Waals surface area contributed by atoms with Gasteiger partial charge in [0.2, 0.25) is 0 Å². The number of benzene rings is 1. The maximum absolute atomic E-state index is 6.08. The average molecular weight is 227 g/mol. The highest BCUT2D eigenvalue weighted by Gasteiger charge is 2.14. The number of nitrogens with zero attached hydrogens (tertiary/aromatic N) is 1. The van der Waals surface area contributed by atoms with Gasteiger partial charge in [-0.15, -0.1) is 0 Å². The third-order valence-corrected chi connectivity index (χ3v) is 2.44. The molecule has 0 aliphatic carbocycles. The predicted octanol–water partition coefficient (Wildman–Crippen LogP) is 2.51. The fourth-order valence-corrected chi connectivity index (χ4v) is 1.86. The molecule has 2 N–H and O–H groups in total. The van der Waals surface area contributed by atoms with Crippen LogP contribution in [0, 0.1) is 0 Å². The summed E-state index contributed by atoms with van der Waals surface area (Å²) in [6.07, 6.45) is 0. The summed E-state index contributed by atoms with van der Waals surface area (Å²) in [6, 6.07) is 7.90. The summed E-state index contributed by atoms with van der Waals surface area (Å²) in [4.78, 5) is 2.18. The smallest absolute Gasteiger partial charge is 0.0451 e. The van der Waals surface area contributed by atoms with Gasteiger partial charge in [-0.25, -0.2) is 0 Å². The highest BCUT2D eigenvalue weighted by atomic mass is 35.5. The molecule has 0 atom stereocenters. The number of nitrogens with two attached hydrogens (primary N) is 1. The number of likely N-dealkylation sites (N-methyl/N-ethyl adjacent to an activating group) is 1. The van der Waals surface area contributed by atoms with E-state index in [-0.39, 0.29) is 5.54 Å². The zero-order chi connectivity index (χ0) is 11.5. The van der Waals surface area contributed by atoms with Crippen molar-refractivity contribution in [1.29, 1.82) is 0 Å². The summed E-state index contributed by atoms with van der Waals surface area (Å²) in [5, 5.41) is 0.819. The summed E-state index contributed by atoms with van der Waals surface area (Å²) < 4.78 is 0. The van der Waals surface area contributed by atoms with Crippen molar-refractivity contribution in [3.8, 4) is 0 Å². The van der Waals surface area contributed by atoms with Crippen LogP contribution >= 0.6 is 11.6 Å². The van der Waals surface area contributed by atoms with Crippen molar-refractivity contribution in [1.82, 2.24) is 4.90 Å². The number of rotatable bonds is 4. The quantitative estimate of drug-likeness (QED) is 0.855. The van der Waals surface area contributed by atoms with E-state index in [1.807, 2.05) is 38.1 Å². The molecule has 0 fully saturated rings. The second kappa shape index (κ2) is 4.97. The monoisotopic (exact) mass is 226 g/mol. The summed E-state index contributed by atoms with van der Waals surface area (Å²) in [5.74, 6) is 0. The molecule has 0 saturated carbocycles. The predicted molar refractivity (Wildman–Crippen MR) is 66.1 cm³/mol. The second-order valence-corrected chi connectivity index (χ2v) is 5.16. The third-order valence-electron chi connectivity index (χ3n) is 2.08. The van der Waals surface area contributed by atoms with Gasteiger partial charge in [0, 0.05) is 23.7 Å². The molecule has 3 heteroatoms. The van der Waals surface area contributed by atoms with Gasteiger partial charge in [-0.3, -0.25) is 0 Å². The van der Waals surface area contributed by atoms with Gasteiger partial charge in [0.15, 0.2) is 0 Å². The van der Waals surface area contributed by atoms with E-state index >= 15 is 0 Å². The first-order valence-electron chi connectivity index (χ1n) is 5.09. The van der Waals surface area contributed by atoms with Gasteiger partial charge in [0.25, 0.3) is 0 Å². The maximum atomic E-state index is 6.08. The van der Waals surface area contributed by atoms with Crippen LogP contribution in [0.15, 0.2) is 24.3 Å². The largest absolute Gasteiger partial charge is 0.324 e. The molecule has 0 unspecified atom stereocenters. The minimum Gasteiger partial charge on any atom is -0.324 e. The van der Waals surface area contributed by atoms with Crippen molar-refractivity contribution in [2.45, 2.75) is 25.9 Å². The lowest BCUT2D eigenvalue weighted by molar-refractivity contribution is 0.263. The molecule has 15 heavy (non-hydrogen) atoms. The molecule has 0 radical (unpaired) electrons. The molecule has 0 bridgehead atoms. The second-order valence-electron chi connectivity index (χ2n) is 4.75. The van der Waals surface area contributed by atoms with E-state index in [0.717, 1.165) is 23.7 Å². The molecule has 1 aromatic carbocycles. The lowest BCUT2D eigenvalue weighted by Crippen LogP contribution is -2.43. The van der Waals surface area contributed by atoms with Crippen molar-refractivity contribution >= 4 is 11.6 Å². The SMILES string of the molecule is CN(Cc1ccccc1Cl)CC(C)(C)N. The van der Waals surface area contributed by atoms with E-state index in [4.69, 9.17) is 17.3 Å². The Morgan fingerprint density at radius 2 is 1.93 bits per heavy atom. The summed E-state index contributed by atoms with van der Waals surface area (Å²) in [7, 11) is 2.05. The van der Waals surface area contributed by atoms with Crippen LogP contribution in [0.25, 0.3) is 0 Å². The molecular formula is C12H19ClN2. The molecule has 1 aromatic rings. The van der Waals surface area contributed by atoms with Crippen LogP contribution in [0.3, 0.4) is 0 Å². The maximum Gasteiger partial charge on any atom is 0.0451 e. The standard InChI is InChI=1S/C12H19ClN2/c1-12(2,14)9-15(3)8-10-6-4-5-7-11(10)13/h4-7H,8-9,14H2,1-3H3. The highest BCUT2D eigenvalue weighted by Crippen LogP contribution is 2.16. The number of hydrogen-bond donors (Lipinski definition) is 1. The fourth-order valence-electron chi connectivity index (χ4n) is 1.67. The molecule has 0 aliphatic rings. The van der Waals surface area contributed by atoms with Crippen LogP contribution in [0.5, 0.6) is 0 Å². The van der Waals surface area contributed by atoms with E-state index in [0.29, 0.717) is 0 Å². The summed E-state index contributed by atoms with van der Waals surface area (Å²) in [6.45, 7) is 5.73. The van der Waals surface area contributed by atoms with Gasteiger partial charge >= 0.3 is 0 Å². The van der Waals surface area contributed by atoms with Crippen molar-refractivity contribution in [3.63, 3.8) is 0 Å². The highest BCUT2D eigenvalue weighted by molar-refractivity contribution is 6.31. The molecule has 0 spiro atoms. The lowest BCUT2D eigenvalue weighted by Gasteiger charge is -2.26. The summed E-state index contributed by atoms with van der Waals surface area (Å²) >= 11 is 6.08. The molecule has 0 amide bonds. The van der Waals surface area contributed by atoms with Crippen molar-refractivity contribution < 1.29 is 0 Å². The zero-order valence-electron chi connectivity index (χ0n) is 9.63. The summed E-state index contributed by atoms with van der Waals surface area (Å²) in [5.41, 5.74) is 6.93. The Balaban J connectivity index is 2.59. The topological polar surface area (TPSA) is 29.3 Å². The van der Waals surface area contributed by atoms with Gasteiger partial charge < -0.3 is 10.6 Å². The third kappa shape index (κ3) is 4.65. The van der Waals surface area contributed by atoms with Crippen LogP contribution in [-0.2, 0) is 6.54 Å². The number of hydrogen-bond acceptors (Lipinski definition) is 2. The van der Waals surface area contributed by atoms with E-state index in [1.165, 1.54) is 0 Å². The first kappa shape index (κ1) is 12.5. The van der Waals surface area contributed by atoms with Crippen LogP contribution in [0.1, 0.15) is 19.4 Å². The van der Waals surface area contributed by atoms with E-state index in [9.17, 15) is 0 Å². The van der Waals surface area contributed by atoms with E-state index < -0.39 is 0 Å². The molecular weight excluding hydrogens is 208 g/mol. The minimum atomic E-state index is -0.171. The van der Waals surface area contributed by atoms with Gasteiger partial charge in [-0.1, -0.05) is 29.8 Å². The number of halogens is 1. The Morgan fingerprint density at radius 1 is 1.33 bits per heavy atom. The Bertz CT molecular complexity index is 318. The van der Waals surface area contributed by atoms with Crippen LogP contribution in [0.2, 0.25) is 5.02 Å². The van der Waals surface area contributed by atoms with Gasteiger partial charge in [0.1, 0.15) is 0 Å². The van der Waals surface area contributed by atoms with Crippen LogP contribution in [-0.4, -0.2) is 24.0 Å². The molecule has 0 saturated heterocycles. The zero-order valence-corrected chi connectivity index (χ0v) is 10.4. The molecule has 1 rings (SSSR count). The van der Waals surface area contributed by atoms with E-state index in [1.54, 1.807) is 0 Å². The van der Waals surface area contributed by atoms with Gasteiger partial charge in [-0.2, -0.15) is 0 Å². The van der Waals surface area contributed by atoms with Crippen molar-refractivity contribution in [3.05, 3.63) is 34.9 Å². The Hall–Kier alpha value is -0.570. The Labute approximate surface area is 97.0 Å². The minimum absolute atomic E-state index is 0.171. The van der Waals surface area contributed by atoms with E-state index in [2.05, 4.69) is 11.9 Å².